The van der Waals surface area contributed by atoms with Crippen molar-refractivity contribution in [3.8, 4) is 6.07 Å². The lowest BCUT2D eigenvalue weighted by molar-refractivity contribution is 1.36. The van der Waals surface area contributed by atoms with Crippen molar-refractivity contribution in [3.63, 3.8) is 0 Å². The zero-order valence-electron chi connectivity index (χ0n) is 10.9. The van der Waals surface area contributed by atoms with Crippen LogP contribution in [0.4, 0.5) is 11.4 Å². The van der Waals surface area contributed by atoms with Gasteiger partial charge in [0, 0.05) is 4.90 Å². The first-order valence-electron chi connectivity index (χ1n) is 5.99. The van der Waals surface area contributed by atoms with Crippen LogP contribution in [0.5, 0.6) is 0 Å². The van der Waals surface area contributed by atoms with E-state index in [-0.39, 0.29) is 0 Å². The minimum Gasteiger partial charge on any atom is -0.351 e. The van der Waals surface area contributed by atoms with Crippen molar-refractivity contribution in [2.75, 3.05) is 11.6 Å². The van der Waals surface area contributed by atoms with Gasteiger partial charge in [-0.15, -0.1) is 11.8 Å². The molecule has 104 valence electrons. The lowest BCUT2D eigenvalue weighted by Gasteiger charge is -2.12. The lowest BCUT2D eigenvalue weighted by atomic mass is 10.1. The molecule has 1 N–H and O–H groups in total. The molecule has 0 fully saturated rings. The zero-order chi connectivity index (χ0) is 14.8. The number of aromatic nitrogens is 2. The van der Waals surface area contributed by atoms with E-state index in [1.807, 2.05) is 30.5 Å². The number of nitrogens with one attached hydrogen (secondary N) is 1. The van der Waals surface area contributed by atoms with Crippen LogP contribution in [0.3, 0.4) is 0 Å². The zero-order valence-corrected chi connectivity index (χ0v) is 13.3. The Bertz CT molecular complexity index is 854. The molecule has 0 bridgehead atoms. The molecule has 1 aromatic heterocycles. The second-order valence-corrected chi connectivity index (χ2v) is 5.96. The molecule has 1 heterocycles. The van der Waals surface area contributed by atoms with Gasteiger partial charge in [-0.25, -0.2) is 0 Å². The van der Waals surface area contributed by atoms with E-state index in [4.69, 9.17) is 11.6 Å². The number of hydrogen-bond acceptors (Lipinski definition) is 6. The molecule has 3 aromatic rings. The Morgan fingerprint density at radius 3 is 2.90 bits per heavy atom. The second-order valence-electron chi connectivity index (χ2n) is 4.17. The summed E-state index contributed by atoms with van der Waals surface area (Å²) in [6.07, 6.45) is 1.94. The third kappa shape index (κ3) is 2.56. The molecule has 3 rings (SSSR count). The number of rotatable bonds is 3. The fourth-order valence-corrected chi connectivity index (χ4v) is 3.32. The highest BCUT2D eigenvalue weighted by Gasteiger charge is 2.13. The average Bonchev–Trinajstić information content (AvgIpc) is 2.98. The fraction of sp³-hybridized carbons (Fsp3) is 0.0714. The van der Waals surface area contributed by atoms with Crippen LogP contribution in [0.25, 0.3) is 11.0 Å². The van der Waals surface area contributed by atoms with Gasteiger partial charge in [-0.1, -0.05) is 17.7 Å². The maximum absolute atomic E-state index is 9.39. The van der Waals surface area contributed by atoms with E-state index in [2.05, 4.69) is 20.1 Å². The molecule has 0 aliphatic carbocycles. The van der Waals surface area contributed by atoms with Gasteiger partial charge in [0.15, 0.2) is 0 Å². The maximum atomic E-state index is 9.39. The first kappa shape index (κ1) is 14.1. The largest absolute Gasteiger partial charge is 0.351 e. The number of halogens is 1. The number of thioether (sulfide) groups is 1. The molecule has 0 atom stereocenters. The Labute approximate surface area is 135 Å². The molecule has 4 nitrogen and oxygen atoms in total. The van der Waals surface area contributed by atoms with Crippen molar-refractivity contribution in [3.05, 3.63) is 40.9 Å². The SMILES string of the molecule is CSc1cccc(Nc2c(Cl)ccc3nsnc23)c1C#N. The summed E-state index contributed by atoms with van der Waals surface area (Å²) in [5, 5.41) is 13.2. The number of hydrogen-bond donors (Lipinski definition) is 1. The first-order chi connectivity index (χ1) is 10.2. The standard InChI is InChI=1S/C14H9ClN4S2/c1-20-12-4-2-3-10(8(12)7-16)17-13-9(15)5-6-11-14(13)19-21-18-11/h2-6,17H,1H3. The van der Waals surface area contributed by atoms with Crippen molar-refractivity contribution in [1.29, 1.82) is 5.26 Å². The van der Waals surface area contributed by atoms with Crippen LogP contribution in [0.2, 0.25) is 5.02 Å². The molecule has 21 heavy (non-hydrogen) atoms. The van der Waals surface area contributed by atoms with E-state index in [0.29, 0.717) is 27.5 Å². The van der Waals surface area contributed by atoms with Gasteiger partial charge in [0.2, 0.25) is 0 Å². The fourth-order valence-electron chi connectivity index (χ4n) is 2.00. The molecule has 0 aliphatic rings. The highest BCUT2D eigenvalue weighted by molar-refractivity contribution is 7.98. The maximum Gasteiger partial charge on any atom is 0.129 e. The van der Waals surface area contributed by atoms with Gasteiger partial charge in [-0.2, -0.15) is 14.0 Å². The smallest absolute Gasteiger partial charge is 0.129 e. The average molecular weight is 333 g/mol. The predicted molar refractivity (Wildman–Crippen MR) is 88.6 cm³/mol. The number of anilines is 2. The minimum atomic E-state index is 0.550. The number of fused-ring (bicyclic) bond motifs is 1. The third-order valence-corrected chi connectivity index (χ3v) is 4.63. The molecule has 0 spiro atoms. The van der Waals surface area contributed by atoms with E-state index >= 15 is 0 Å². The van der Waals surface area contributed by atoms with Gasteiger partial charge in [0.1, 0.15) is 17.1 Å². The Morgan fingerprint density at radius 1 is 1.29 bits per heavy atom. The van der Waals surface area contributed by atoms with Crippen molar-refractivity contribution in [2.45, 2.75) is 4.90 Å². The van der Waals surface area contributed by atoms with E-state index in [9.17, 15) is 5.26 Å². The molecule has 0 saturated heterocycles. The van der Waals surface area contributed by atoms with E-state index < -0.39 is 0 Å². The van der Waals surface area contributed by atoms with Crippen LogP contribution in [0, 0.1) is 11.3 Å². The molecular formula is C14H9ClN4S2. The van der Waals surface area contributed by atoms with Crippen LogP contribution in [0.1, 0.15) is 5.56 Å². The summed E-state index contributed by atoms with van der Waals surface area (Å²) in [6.45, 7) is 0. The first-order valence-corrected chi connectivity index (χ1v) is 8.33. The summed E-state index contributed by atoms with van der Waals surface area (Å²) in [4.78, 5) is 0.919. The second kappa shape index (κ2) is 5.90. The van der Waals surface area contributed by atoms with Crippen LogP contribution in [-0.2, 0) is 0 Å². The van der Waals surface area contributed by atoms with Crippen molar-refractivity contribution < 1.29 is 0 Å². The van der Waals surface area contributed by atoms with Crippen molar-refractivity contribution in [1.82, 2.24) is 8.75 Å². The van der Waals surface area contributed by atoms with Crippen molar-refractivity contribution >= 4 is 57.5 Å². The summed E-state index contributed by atoms with van der Waals surface area (Å²) in [6, 6.07) is 11.5. The molecule has 0 saturated carbocycles. The molecule has 7 heteroatoms. The molecule has 0 amide bonds. The molecular weight excluding hydrogens is 324 g/mol. The Balaban J connectivity index is 2.13. The van der Waals surface area contributed by atoms with Gasteiger partial charge < -0.3 is 5.32 Å². The Kier molecular flexibility index (Phi) is 3.97. The predicted octanol–water partition coefficient (Wildman–Crippen LogP) is 4.68. The van der Waals surface area contributed by atoms with E-state index in [0.717, 1.165) is 22.1 Å². The van der Waals surface area contributed by atoms with Gasteiger partial charge in [0.25, 0.3) is 0 Å². The Hall–Kier alpha value is -1.81. The minimum absolute atomic E-state index is 0.550. The van der Waals surface area contributed by atoms with Crippen LogP contribution < -0.4 is 5.32 Å². The summed E-state index contributed by atoms with van der Waals surface area (Å²) >= 11 is 8.93. The number of nitriles is 1. The summed E-state index contributed by atoms with van der Waals surface area (Å²) < 4.78 is 8.47. The summed E-state index contributed by atoms with van der Waals surface area (Å²) in [5.74, 6) is 0. The number of nitrogens with zero attached hydrogens (tertiary/aromatic N) is 3. The van der Waals surface area contributed by atoms with Crippen LogP contribution >= 0.6 is 35.1 Å². The molecule has 2 aromatic carbocycles. The Morgan fingerprint density at radius 2 is 2.14 bits per heavy atom. The van der Waals surface area contributed by atoms with Gasteiger partial charge in [-0.05, 0) is 30.5 Å². The monoisotopic (exact) mass is 332 g/mol. The quantitative estimate of drug-likeness (QED) is 0.705. The molecule has 0 aliphatic heterocycles. The number of benzene rings is 2. The molecule has 0 radical (unpaired) electrons. The highest BCUT2D eigenvalue weighted by atomic mass is 35.5. The molecule has 0 unspecified atom stereocenters. The van der Waals surface area contributed by atoms with Crippen LogP contribution in [-0.4, -0.2) is 15.0 Å². The van der Waals surface area contributed by atoms with Crippen LogP contribution in [0.15, 0.2) is 35.2 Å². The van der Waals surface area contributed by atoms with Crippen molar-refractivity contribution in [2.24, 2.45) is 0 Å². The summed E-state index contributed by atoms with van der Waals surface area (Å²) in [7, 11) is 0. The third-order valence-electron chi connectivity index (χ3n) is 2.99. The topological polar surface area (TPSA) is 61.6 Å². The van der Waals surface area contributed by atoms with Gasteiger partial charge in [-0.3, -0.25) is 0 Å². The van der Waals surface area contributed by atoms with Gasteiger partial charge >= 0.3 is 0 Å². The highest BCUT2D eigenvalue weighted by Crippen LogP contribution is 2.35. The summed E-state index contributed by atoms with van der Waals surface area (Å²) in [5.41, 5.74) is 3.49. The van der Waals surface area contributed by atoms with Gasteiger partial charge in [0.05, 0.1) is 33.7 Å². The lowest BCUT2D eigenvalue weighted by Crippen LogP contribution is -1.97. The normalized spacial score (nSPS) is 10.5. The van der Waals surface area contributed by atoms with E-state index in [1.54, 1.807) is 6.07 Å². The van der Waals surface area contributed by atoms with E-state index in [1.165, 1.54) is 11.8 Å².